The molecule has 8 N–H and O–H groups in total. The molecule has 308 valence electrons. The van der Waals surface area contributed by atoms with E-state index in [4.69, 9.17) is 18.9 Å². The number of carboxylic acids is 1. The fraction of sp³-hybridized carbons (Fsp3) is 0.927. The van der Waals surface area contributed by atoms with Gasteiger partial charge in [0, 0.05) is 5.41 Å². The normalized spacial score (nSPS) is 54.3. The van der Waals surface area contributed by atoms with E-state index in [0.29, 0.717) is 18.8 Å². The summed E-state index contributed by atoms with van der Waals surface area (Å²) in [7, 11) is 0. The van der Waals surface area contributed by atoms with Gasteiger partial charge in [-0.1, -0.05) is 53.2 Å². The van der Waals surface area contributed by atoms with E-state index >= 15 is 0 Å². The van der Waals surface area contributed by atoms with E-state index in [0.717, 1.165) is 51.4 Å². The van der Waals surface area contributed by atoms with E-state index in [1.807, 2.05) is 0 Å². The summed E-state index contributed by atoms with van der Waals surface area (Å²) in [6.07, 6.45) is -3.32. The molecule has 7 rings (SSSR count). The monoisotopic (exact) mass is 766 g/mol. The summed E-state index contributed by atoms with van der Waals surface area (Å²) < 4.78 is 24.1. The zero-order valence-corrected chi connectivity index (χ0v) is 32.9. The summed E-state index contributed by atoms with van der Waals surface area (Å²) >= 11 is 0. The van der Waals surface area contributed by atoms with Crippen molar-refractivity contribution in [3.8, 4) is 0 Å². The van der Waals surface area contributed by atoms with Crippen LogP contribution in [0.25, 0.3) is 0 Å². The number of ether oxygens (including phenoxy) is 4. The third-order valence-electron chi connectivity index (χ3n) is 17.0. The molecule has 13 nitrogen and oxygen atoms in total. The van der Waals surface area contributed by atoms with Crippen molar-refractivity contribution in [2.75, 3.05) is 19.8 Å². The van der Waals surface area contributed by atoms with Gasteiger partial charge in [0.15, 0.2) is 12.6 Å². The van der Waals surface area contributed by atoms with Crippen molar-refractivity contribution in [3.63, 3.8) is 0 Å². The number of carbonyl (C=O) groups is 1. The number of allylic oxidation sites excluding steroid dienone is 2. The second-order valence-corrected chi connectivity index (χ2v) is 20.1. The van der Waals surface area contributed by atoms with E-state index in [9.17, 15) is 45.6 Å². The van der Waals surface area contributed by atoms with Crippen molar-refractivity contribution >= 4 is 5.97 Å². The highest BCUT2D eigenvalue weighted by atomic mass is 16.8. The van der Waals surface area contributed by atoms with E-state index in [-0.39, 0.29) is 46.7 Å². The lowest BCUT2D eigenvalue weighted by molar-refractivity contribution is -0.368. The Hall–Kier alpha value is -1.23. The Morgan fingerprint density at radius 1 is 0.815 bits per heavy atom. The summed E-state index contributed by atoms with van der Waals surface area (Å²) in [5, 5.41) is 84.7. The fourth-order valence-electron chi connectivity index (χ4n) is 13.4. The number of fused-ring (bicyclic) bond motifs is 7. The van der Waals surface area contributed by atoms with Gasteiger partial charge < -0.3 is 59.8 Å². The SMILES string of the molecule is CC1(C)CC[C@@]2(C(=O)O)CC[C@]3(C)C(=CC[C@@H]4[C@@]5(C)CC[C@@H](O[C@H]6OC[C@H](O)[C@@H](O)[C@@H]6O[C@H]6O[C@@H](CO)[C@H](O)[C@@H](O)[C@@H]6O)[C@](C)(CO)[C@@H]5CC[C@]43C)[C@H]2C1. The van der Waals surface area contributed by atoms with Crippen molar-refractivity contribution in [2.45, 2.75) is 167 Å². The molecule has 4 saturated carbocycles. The van der Waals surface area contributed by atoms with E-state index in [2.05, 4.69) is 47.6 Å². The second kappa shape index (κ2) is 14.0. The molecule has 0 aromatic carbocycles. The number of aliphatic hydroxyl groups is 7. The van der Waals surface area contributed by atoms with Gasteiger partial charge in [0.05, 0.1) is 31.3 Å². The third-order valence-corrected chi connectivity index (χ3v) is 17.0. The Labute approximate surface area is 319 Å². The number of aliphatic carboxylic acids is 1. The first-order valence-corrected chi connectivity index (χ1v) is 20.4. The summed E-state index contributed by atoms with van der Waals surface area (Å²) in [4.78, 5) is 13.0. The van der Waals surface area contributed by atoms with Crippen LogP contribution in [0.2, 0.25) is 0 Å². The molecule has 13 heteroatoms. The molecule has 0 radical (unpaired) electrons. The van der Waals surface area contributed by atoms with Crippen LogP contribution in [0.15, 0.2) is 11.6 Å². The quantitative estimate of drug-likeness (QED) is 0.138. The smallest absolute Gasteiger partial charge is 0.310 e. The molecular weight excluding hydrogens is 700 g/mol. The lowest BCUT2D eigenvalue weighted by Gasteiger charge is -2.71. The molecule has 2 heterocycles. The van der Waals surface area contributed by atoms with Crippen LogP contribution in [0.4, 0.5) is 0 Å². The van der Waals surface area contributed by atoms with E-state index in [1.165, 1.54) is 5.57 Å². The van der Waals surface area contributed by atoms with Crippen molar-refractivity contribution in [3.05, 3.63) is 11.6 Å². The zero-order valence-electron chi connectivity index (χ0n) is 32.9. The van der Waals surface area contributed by atoms with Gasteiger partial charge in [-0.3, -0.25) is 4.79 Å². The summed E-state index contributed by atoms with van der Waals surface area (Å²) in [5.74, 6) is -0.265. The van der Waals surface area contributed by atoms with Gasteiger partial charge in [0.25, 0.3) is 0 Å². The van der Waals surface area contributed by atoms with Crippen molar-refractivity contribution in [1.29, 1.82) is 0 Å². The predicted molar refractivity (Wildman–Crippen MR) is 193 cm³/mol. The highest BCUT2D eigenvalue weighted by Crippen LogP contribution is 2.76. The molecule has 7 aliphatic rings. The first-order chi connectivity index (χ1) is 25.2. The average molecular weight is 767 g/mol. The topological polar surface area (TPSA) is 216 Å². The standard InChI is InChI=1S/C41H66O13/c1-36(2)13-15-41(35(49)50)16-14-39(5)21(22(41)17-36)7-8-26-37(3)11-10-27(38(4,20-43)25(37)9-12-40(26,39)6)53-34-32(28(45)23(44)19-51-34)54-33-31(48)30(47)29(46)24(18-42)52-33/h7,22-34,42-48H,8-20H2,1-6H3,(H,49,50)/t22-,23+,24+,25-,26-,27-,28-,29+,30-,31+,32+,33-,34-,37+,38-,39-,40-,41-/m1/s1. The minimum atomic E-state index is -1.73. The number of aliphatic hydroxyl groups excluding tert-OH is 7. The van der Waals surface area contributed by atoms with Crippen LogP contribution >= 0.6 is 0 Å². The van der Waals surface area contributed by atoms with Crippen LogP contribution in [0.1, 0.15) is 106 Å². The number of rotatable bonds is 7. The average Bonchev–Trinajstić information content (AvgIpc) is 3.12. The zero-order chi connectivity index (χ0) is 39.4. The minimum Gasteiger partial charge on any atom is -0.481 e. The minimum absolute atomic E-state index is 0.0233. The number of carboxylic acid groups (broad SMARTS) is 1. The van der Waals surface area contributed by atoms with Crippen molar-refractivity contribution in [1.82, 2.24) is 0 Å². The van der Waals surface area contributed by atoms with E-state index < -0.39 is 84.8 Å². The lowest BCUT2D eigenvalue weighted by Crippen LogP contribution is -2.67. The second-order valence-electron chi connectivity index (χ2n) is 20.1. The van der Waals surface area contributed by atoms with Crippen LogP contribution in [0.3, 0.4) is 0 Å². The predicted octanol–water partition coefficient (Wildman–Crippen LogP) is 2.49. The Kier molecular flexibility index (Phi) is 10.6. The maximum Gasteiger partial charge on any atom is 0.310 e. The molecule has 6 fully saturated rings. The third kappa shape index (κ3) is 5.92. The highest BCUT2D eigenvalue weighted by Gasteiger charge is 2.70. The number of hydrogen-bond donors (Lipinski definition) is 8. The molecule has 0 aromatic rings. The van der Waals surface area contributed by atoms with Crippen LogP contribution < -0.4 is 0 Å². The largest absolute Gasteiger partial charge is 0.481 e. The molecule has 18 atom stereocenters. The summed E-state index contributed by atoms with van der Waals surface area (Å²) in [6.45, 7) is 12.8. The van der Waals surface area contributed by atoms with Crippen LogP contribution in [-0.4, -0.2) is 128 Å². The molecule has 0 spiro atoms. The number of hydrogen-bond acceptors (Lipinski definition) is 12. The first kappa shape index (κ1) is 40.9. The Morgan fingerprint density at radius 3 is 2.19 bits per heavy atom. The maximum absolute atomic E-state index is 13.0. The van der Waals surface area contributed by atoms with Crippen LogP contribution in [-0.2, 0) is 23.7 Å². The highest BCUT2D eigenvalue weighted by molar-refractivity contribution is 5.76. The Morgan fingerprint density at radius 2 is 1.52 bits per heavy atom. The Bertz CT molecular complexity index is 1450. The molecule has 0 bridgehead atoms. The molecule has 54 heavy (non-hydrogen) atoms. The molecule has 0 amide bonds. The first-order valence-electron chi connectivity index (χ1n) is 20.4. The fourth-order valence-corrected chi connectivity index (χ4v) is 13.4. The van der Waals surface area contributed by atoms with Gasteiger partial charge in [-0.05, 0) is 104 Å². The summed E-state index contributed by atoms with van der Waals surface area (Å²) in [5.41, 5.74) is -0.367. The maximum atomic E-state index is 13.0. The van der Waals surface area contributed by atoms with Crippen molar-refractivity contribution in [2.24, 2.45) is 50.2 Å². The van der Waals surface area contributed by atoms with Crippen LogP contribution in [0, 0.1) is 50.2 Å². The van der Waals surface area contributed by atoms with Gasteiger partial charge in [-0.25, -0.2) is 0 Å². The molecule has 5 aliphatic carbocycles. The summed E-state index contributed by atoms with van der Waals surface area (Å²) in [6, 6.07) is 0. The van der Waals surface area contributed by atoms with Crippen LogP contribution in [0.5, 0.6) is 0 Å². The lowest BCUT2D eigenvalue weighted by atomic mass is 9.33. The molecular formula is C41H66O13. The van der Waals surface area contributed by atoms with Gasteiger partial charge >= 0.3 is 5.97 Å². The molecule has 0 aromatic heterocycles. The van der Waals surface area contributed by atoms with Gasteiger partial charge in [0.1, 0.15) is 42.7 Å². The van der Waals surface area contributed by atoms with E-state index in [1.54, 1.807) is 0 Å². The Balaban J connectivity index is 1.15. The molecule has 0 unspecified atom stereocenters. The van der Waals surface area contributed by atoms with Gasteiger partial charge in [-0.15, -0.1) is 0 Å². The molecule has 2 saturated heterocycles. The molecule has 2 aliphatic heterocycles. The van der Waals surface area contributed by atoms with Gasteiger partial charge in [-0.2, -0.15) is 0 Å². The van der Waals surface area contributed by atoms with Crippen molar-refractivity contribution < 1.29 is 64.6 Å². The van der Waals surface area contributed by atoms with Gasteiger partial charge in [0.2, 0.25) is 0 Å².